The zero-order chi connectivity index (χ0) is 10.6. The molecule has 0 spiro atoms. The first kappa shape index (κ1) is 12.2. The van der Waals surface area contributed by atoms with Crippen LogP contribution in [0.3, 0.4) is 0 Å². The van der Waals surface area contributed by atoms with E-state index in [9.17, 15) is 5.11 Å². The summed E-state index contributed by atoms with van der Waals surface area (Å²) in [7, 11) is 0. The van der Waals surface area contributed by atoms with Crippen molar-refractivity contribution >= 4 is 27.3 Å². The van der Waals surface area contributed by atoms with Crippen LogP contribution in [0.25, 0.3) is 0 Å². The van der Waals surface area contributed by atoms with E-state index in [0.717, 1.165) is 4.47 Å². The molecular weight excluding hydrogens is 264 g/mol. The van der Waals surface area contributed by atoms with Gasteiger partial charge >= 0.3 is 0 Å². The van der Waals surface area contributed by atoms with Crippen molar-refractivity contribution in [2.24, 2.45) is 0 Å². The number of hydrogen-bond acceptors (Lipinski definition) is 3. The number of ether oxygens (including phenoxy) is 1. The number of aliphatic hydroxyl groups is 1. The van der Waals surface area contributed by atoms with Gasteiger partial charge in [0.2, 0.25) is 0 Å². The van der Waals surface area contributed by atoms with Gasteiger partial charge in [0.15, 0.2) is 0 Å². The van der Waals surface area contributed by atoms with Gasteiger partial charge in [0, 0.05) is 21.2 Å². The average molecular weight is 279 g/mol. The van der Waals surface area contributed by atoms with E-state index in [1.54, 1.807) is 11.3 Å². The molecule has 2 nitrogen and oxygen atoms in total. The van der Waals surface area contributed by atoms with E-state index in [0.29, 0.717) is 13.0 Å². The minimum Gasteiger partial charge on any atom is -0.390 e. The van der Waals surface area contributed by atoms with Gasteiger partial charge in [-0.05, 0) is 35.8 Å². The monoisotopic (exact) mass is 278 g/mol. The van der Waals surface area contributed by atoms with Crippen molar-refractivity contribution in [1.29, 1.82) is 0 Å². The Bertz CT molecular complexity index is 273. The van der Waals surface area contributed by atoms with E-state index in [2.05, 4.69) is 15.9 Å². The molecule has 0 fully saturated rings. The second kappa shape index (κ2) is 5.85. The summed E-state index contributed by atoms with van der Waals surface area (Å²) >= 11 is 5.03. The minimum absolute atomic E-state index is 0.180. The van der Waals surface area contributed by atoms with Crippen LogP contribution in [-0.4, -0.2) is 23.9 Å². The smallest absolute Gasteiger partial charge is 0.0821 e. The fourth-order valence-electron chi connectivity index (χ4n) is 1.06. The molecule has 1 unspecified atom stereocenters. The highest BCUT2D eigenvalue weighted by Gasteiger charge is 2.08. The maximum Gasteiger partial charge on any atom is 0.0821 e. The molecular formula is C10H15BrO2S. The number of thiophene rings is 1. The van der Waals surface area contributed by atoms with Gasteiger partial charge in [0.05, 0.1) is 18.8 Å². The van der Waals surface area contributed by atoms with Crippen molar-refractivity contribution in [3.05, 3.63) is 20.8 Å². The SMILES string of the molecule is CC(C)OCC(O)Cc1cc(Br)cs1. The predicted molar refractivity (Wildman–Crippen MR) is 62.8 cm³/mol. The van der Waals surface area contributed by atoms with E-state index in [1.807, 2.05) is 25.3 Å². The predicted octanol–water partition coefficient (Wildman–Crippen LogP) is 2.84. The van der Waals surface area contributed by atoms with Crippen LogP contribution < -0.4 is 0 Å². The first-order valence-corrected chi connectivity index (χ1v) is 6.27. The molecule has 0 bridgehead atoms. The molecule has 80 valence electrons. The topological polar surface area (TPSA) is 29.5 Å². The number of rotatable bonds is 5. The second-order valence-electron chi connectivity index (χ2n) is 3.47. The lowest BCUT2D eigenvalue weighted by Gasteiger charge is -2.12. The van der Waals surface area contributed by atoms with Crippen LogP contribution in [0.2, 0.25) is 0 Å². The van der Waals surface area contributed by atoms with Crippen molar-refractivity contribution in [2.75, 3.05) is 6.61 Å². The van der Waals surface area contributed by atoms with Gasteiger partial charge in [-0.25, -0.2) is 0 Å². The average Bonchev–Trinajstić information content (AvgIpc) is 2.48. The van der Waals surface area contributed by atoms with Crippen LogP contribution in [0.5, 0.6) is 0 Å². The Labute approximate surface area is 97.0 Å². The summed E-state index contributed by atoms with van der Waals surface area (Å²) in [6.45, 7) is 4.34. The summed E-state index contributed by atoms with van der Waals surface area (Å²) in [5.74, 6) is 0. The van der Waals surface area contributed by atoms with Gasteiger partial charge in [-0.15, -0.1) is 11.3 Å². The van der Waals surface area contributed by atoms with Gasteiger partial charge in [-0.3, -0.25) is 0 Å². The Morgan fingerprint density at radius 3 is 2.79 bits per heavy atom. The fraction of sp³-hybridized carbons (Fsp3) is 0.600. The van der Waals surface area contributed by atoms with Crippen molar-refractivity contribution in [2.45, 2.75) is 32.5 Å². The van der Waals surface area contributed by atoms with Gasteiger partial charge in [0.1, 0.15) is 0 Å². The van der Waals surface area contributed by atoms with E-state index in [-0.39, 0.29) is 6.10 Å². The minimum atomic E-state index is -0.400. The summed E-state index contributed by atoms with van der Waals surface area (Å²) < 4.78 is 6.40. The summed E-state index contributed by atoms with van der Waals surface area (Å²) in [6, 6.07) is 2.03. The molecule has 0 saturated heterocycles. The molecule has 1 N–H and O–H groups in total. The lowest BCUT2D eigenvalue weighted by atomic mass is 10.2. The summed E-state index contributed by atoms with van der Waals surface area (Å²) in [5, 5.41) is 11.6. The van der Waals surface area contributed by atoms with Gasteiger partial charge in [0.25, 0.3) is 0 Å². The third kappa shape index (κ3) is 4.55. The normalized spacial score (nSPS) is 13.5. The van der Waals surface area contributed by atoms with Crippen LogP contribution in [0.4, 0.5) is 0 Å². The first-order valence-electron chi connectivity index (χ1n) is 4.60. The van der Waals surface area contributed by atoms with E-state index >= 15 is 0 Å². The van der Waals surface area contributed by atoms with Crippen LogP contribution in [0.15, 0.2) is 15.9 Å². The molecule has 0 radical (unpaired) electrons. The third-order valence-corrected chi connectivity index (χ3v) is 3.40. The van der Waals surface area contributed by atoms with Crippen molar-refractivity contribution in [1.82, 2.24) is 0 Å². The van der Waals surface area contributed by atoms with Crippen LogP contribution in [0.1, 0.15) is 18.7 Å². The summed E-state index contributed by atoms with van der Waals surface area (Å²) in [4.78, 5) is 1.18. The molecule has 0 aliphatic rings. The highest BCUT2D eigenvalue weighted by molar-refractivity contribution is 9.10. The van der Waals surface area contributed by atoms with Crippen LogP contribution in [0, 0.1) is 0 Å². The third-order valence-electron chi connectivity index (χ3n) is 1.68. The van der Waals surface area contributed by atoms with Gasteiger partial charge in [-0.1, -0.05) is 0 Å². The zero-order valence-electron chi connectivity index (χ0n) is 8.37. The van der Waals surface area contributed by atoms with E-state index in [4.69, 9.17) is 4.74 Å². The highest BCUT2D eigenvalue weighted by Crippen LogP contribution is 2.21. The molecule has 0 aliphatic heterocycles. The quantitative estimate of drug-likeness (QED) is 0.898. The largest absolute Gasteiger partial charge is 0.390 e. The Morgan fingerprint density at radius 1 is 1.57 bits per heavy atom. The molecule has 4 heteroatoms. The van der Waals surface area contributed by atoms with E-state index < -0.39 is 6.10 Å². The van der Waals surface area contributed by atoms with Gasteiger partial charge in [-0.2, -0.15) is 0 Å². The van der Waals surface area contributed by atoms with Crippen LogP contribution >= 0.6 is 27.3 Å². The second-order valence-corrected chi connectivity index (χ2v) is 5.38. The Balaban J connectivity index is 2.30. The maximum atomic E-state index is 9.63. The molecule has 1 rings (SSSR count). The van der Waals surface area contributed by atoms with Crippen molar-refractivity contribution in [3.8, 4) is 0 Å². The standard InChI is InChI=1S/C10H15BrO2S/c1-7(2)13-5-9(12)4-10-3-8(11)6-14-10/h3,6-7,9,12H,4-5H2,1-2H3. The highest BCUT2D eigenvalue weighted by atomic mass is 79.9. The summed E-state index contributed by atoms with van der Waals surface area (Å²) in [6.07, 6.45) is 0.450. The van der Waals surface area contributed by atoms with Crippen molar-refractivity contribution in [3.63, 3.8) is 0 Å². The van der Waals surface area contributed by atoms with Crippen LogP contribution in [-0.2, 0) is 11.2 Å². The number of aliphatic hydroxyl groups excluding tert-OH is 1. The first-order chi connectivity index (χ1) is 6.58. The number of hydrogen-bond donors (Lipinski definition) is 1. The Hall–Kier alpha value is 0.1000. The molecule has 0 aromatic carbocycles. The van der Waals surface area contributed by atoms with Crippen molar-refractivity contribution < 1.29 is 9.84 Å². The van der Waals surface area contributed by atoms with Gasteiger partial charge < -0.3 is 9.84 Å². The molecule has 1 aromatic rings. The summed E-state index contributed by atoms with van der Waals surface area (Å²) in [5.41, 5.74) is 0. The maximum absolute atomic E-state index is 9.63. The number of halogens is 1. The Morgan fingerprint density at radius 2 is 2.29 bits per heavy atom. The molecule has 0 saturated carbocycles. The Kier molecular flexibility index (Phi) is 5.09. The molecule has 0 aliphatic carbocycles. The zero-order valence-corrected chi connectivity index (χ0v) is 10.8. The molecule has 1 heterocycles. The molecule has 1 aromatic heterocycles. The van der Waals surface area contributed by atoms with E-state index in [1.165, 1.54) is 4.88 Å². The lowest BCUT2D eigenvalue weighted by molar-refractivity contribution is 0.00650. The molecule has 1 atom stereocenters. The molecule has 14 heavy (non-hydrogen) atoms. The fourth-order valence-corrected chi connectivity index (χ4v) is 2.58. The molecule has 0 amide bonds. The lowest BCUT2D eigenvalue weighted by Crippen LogP contribution is -2.20.